The van der Waals surface area contributed by atoms with Crippen molar-refractivity contribution >= 4 is 0 Å². The van der Waals surface area contributed by atoms with E-state index in [1.54, 1.807) is 0 Å². The Morgan fingerprint density at radius 2 is 2.05 bits per heavy atom. The average molecular weight is 262 g/mol. The Morgan fingerprint density at radius 1 is 1.26 bits per heavy atom. The van der Waals surface area contributed by atoms with Crippen molar-refractivity contribution in [2.75, 3.05) is 6.54 Å². The molecule has 4 nitrogen and oxygen atoms in total. The van der Waals surface area contributed by atoms with Crippen LogP contribution in [0.25, 0.3) is 0 Å². The predicted molar refractivity (Wildman–Crippen MR) is 75.9 cm³/mol. The van der Waals surface area contributed by atoms with Crippen LogP contribution >= 0.6 is 0 Å². The molecule has 0 saturated heterocycles. The molecule has 4 heteroatoms. The summed E-state index contributed by atoms with van der Waals surface area (Å²) in [6.45, 7) is 6.84. The standard InChI is InChI=1S/C15H26N4/c1-11-5-7-13(8-6-11)10-16-12(2)15-18-17-14-4-3-9-19(14)15/h11-13,16H,3-10H2,1-2H3. The van der Waals surface area contributed by atoms with Crippen LogP contribution in [0.3, 0.4) is 0 Å². The van der Waals surface area contributed by atoms with Crippen LogP contribution in [0.1, 0.15) is 63.6 Å². The first-order chi connectivity index (χ1) is 9.24. The average Bonchev–Trinajstić information content (AvgIpc) is 3.00. The maximum atomic E-state index is 4.36. The smallest absolute Gasteiger partial charge is 0.149 e. The lowest BCUT2D eigenvalue weighted by Gasteiger charge is -2.27. The SMILES string of the molecule is CC1CCC(CNC(C)c2nnc3n2CCC3)CC1. The summed E-state index contributed by atoms with van der Waals surface area (Å²) in [5, 5.41) is 12.3. The van der Waals surface area contributed by atoms with E-state index < -0.39 is 0 Å². The number of hydrogen-bond donors (Lipinski definition) is 1. The fourth-order valence-electron chi connectivity index (χ4n) is 3.46. The summed E-state index contributed by atoms with van der Waals surface area (Å²) < 4.78 is 2.31. The summed E-state index contributed by atoms with van der Waals surface area (Å²) in [6.07, 6.45) is 7.91. The Labute approximate surface area is 116 Å². The Morgan fingerprint density at radius 3 is 2.84 bits per heavy atom. The van der Waals surface area contributed by atoms with Crippen LogP contribution in [0.2, 0.25) is 0 Å². The van der Waals surface area contributed by atoms with E-state index in [0.717, 1.165) is 37.2 Å². The lowest BCUT2D eigenvalue weighted by molar-refractivity contribution is 0.274. The van der Waals surface area contributed by atoms with Crippen LogP contribution in [0, 0.1) is 11.8 Å². The molecule has 0 radical (unpaired) electrons. The van der Waals surface area contributed by atoms with E-state index in [9.17, 15) is 0 Å². The molecule has 1 aliphatic carbocycles. The van der Waals surface area contributed by atoms with Crippen molar-refractivity contribution in [3.63, 3.8) is 0 Å². The molecule has 1 atom stereocenters. The molecule has 1 aliphatic heterocycles. The van der Waals surface area contributed by atoms with Gasteiger partial charge in [-0.25, -0.2) is 0 Å². The molecule has 0 bridgehead atoms. The molecule has 2 aliphatic rings. The van der Waals surface area contributed by atoms with Gasteiger partial charge in [0.2, 0.25) is 0 Å². The third-order valence-electron chi connectivity index (χ3n) is 4.87. The molecule has 1 unspecified atom stereocenters. The van der Waals surface area contributed by atoms with Gasteiger partial charge in [0.25, 0.3) is 0 Å². The Bertz CT molecular complexity index is 418. The number of nitrogens with zero attached hydrogens (tertiary/aromatic N) is 3. The van der Waals surface area contributed by atoms with Crippen LogP contribution in [-0.4, -0.2) is 21.3 Å². The third kappa shape index (κ3) is 2.83. The van der Waals surface area contributed by atoms with E-state index in [2.05, 4.69) is 33.9 Å². The van der Waals surface area contributed by atoms with Crippen molar-refractivity contribution in [3.05, 3.63) is 11.6 Å². The highest BCUT2D eigenvalue weighted by atomic mass is 15.3. The van der Waals surface area contributed by atoms with Gasteiger partial charge in [0.05, 0.1) is 6.04 Å². The normalized spacial score (nSPS) is 28.3. The monoisotopic (exact) mass is 262 g/mol. The maximum absolute atomic E-state index is 4.36. The Kier molecular flexibility index (Phi) is 3.87. The molecule has 1 aromatic rings. The summed E-state index contributed by atoms with van der Waals surface area (Å²) in [4.78, 5) is 0. The largest absolute Gasteiger partial charge is 0.314 e. The van der Waals surface area contributed by atoms with E-state index in [1.807, 2.05) is 0 Å². The maximum Gasteiger partial charge on any atom is 0.149 e. The molecule has 1 N–H and O–H groups in total. The number of rotatable bonds is 4. The highest BCUT2D eigenvalue weighted by Crippen LogP contribution is 2.28. The number of hydrogen-bond acceptors (Lipinski definition) is 3. The molecule has 3 rings (SSSR count). The van der Waals surface area contributed by atoms with Gasteiger partial charge in [0.15, 0.2) is 0 Å². The lowest BCUT2D eigenvalue weighted by Crippen LogP contribution is -2.29. The van der Waals surface area contributed by atoms with Crippen LogP contribution in [-0.2, 0) is 13.0 Å². The summed E-state index contributed by atoms with van der Waals surface area (Å²) >= 11 is 0. The Balaban J connectivity index is 1.52. The number of aryl methyl sites for hydroxylation is 1. The second-order valence-corrected chi connectivity index (χ2v) is 6.49. The zero-order valence-electron chi connectivity index (χ0n) is 12.2. The number of nitrogens with one attached hydrogen (secondary N) is 1. The Hall–Kier alpha value is -0.900. The van der Waals surface area contributed by atoms with Crippen LogP contribution in [0.15, 0.2) is 0 Å². The van der Waals surface area contributed by atoms with Gasteiger partial charge in [0.1, 0.15) is 11.6 Å². The molecule has 1 aromatic heterocycles. The summed E-state index contributed by atoms with van der Waals surface area (Å²) in [5.41, 5.74) is 0. The van der Waals surface area contributed by atoms with Crippen LogP contribution < -0.4 is 5.32 Å². The molecular formula is C15H26N4. The van der Waals surface area contributed by atoms with Gasteiger partial charge in [-0.2, -0.15) is 0 Å². The van der Waals surface area contributed by atoms with Gasteiger partial charge in [-0.05, 0) is 44.6 Å². The van der Waals surface area contributed by atoms with Gasteiger partial charge >= 0.3 is 0 Å². The van der Waals surface area contributed by atoms with Gasteiger partial charge < -0.3 is 9.88 Å². The third-order valence-corrected chi connectivity index (χ3v) is 4.87. The van der Waals surface area contributed by atoms with Crippen molar-refractivity contribution in [1.82, 2.24) is 20.1 Å². The molecule has 106 valence electrons. The topological polar surface area (TPSA) is 42.7 Å². The first-order valence-corrected chi connectivity index (χ1v) is 7.89. The minimum atomic E-state index is 0.332. The van der Waals surface area contributed by atoms with Crippen molar-refractivity contribution in [1.29, 1.82) is 0 Å². The van der Waals surface area contributed by atoms with Gasteiger partial charge in [-0.1, -0.05) is 19.8 Å². The quantitative estimate of drug-likeness (QED) is 0.907. The summed E-state index contributed by atoms with van der Waals surface area (Å²) in [5.74, 6) is 4.11. The van der Waals surface area contributed by atoms with Gasteiger partial charge in [0, 0.05) is 13.0 Å². The van der Waals surface area contributed by atoms with E-state index in [-0.39, 0.29) is 0 Å². The second kappa shape index (κ2) is 5.61. The van der Waals surface area contributed by atoms with Gasteiger partial charge in [-0.3, -0.25) is 0 Å². The minimum absolute atomic E-state index is 0.332. The van der Waals surface area contributed by atoms with Crippen LogP contribution in [0.5, 0.6) is 0 Å². The van der Waals surface area contributed by atoms with Crippen LogP contribution in [0.4, 0.5) is 0 Å². The van der Waals surface area contributed by atoms with E-state index in [0.29, 0.717) is 6.04 Å². The predicted octanol–water partition coefficient (Wildman–Crippen LogP) is 2.70. The summed E-state index contributed by atoms with van der Waals surface area (Å²) in [7, 11) is 0. The summed E-state index contributed by atoms with van der Waals surface area (Å²) in [6, 6.07) is 0.332. The van der Waals surface area contributed by atoms with Crippen molar-refractivity contribution in [3.8, 4) is 0 Å². The second-order valence-electron chi connectivity index (χ2n) is 6.49. The zero-order chi connectivity index (χ0) is 13.2. The van der Waals surface area contributed by atoms with E-state index in [4.69, 9.17) is 0 Å². The molecule has 19 heavy (non-hydrogen) atoms. The van der Waals surface area contributed by atoms with E-state index >= 15 is 0 Å². The molecular weight excluding hydrogens is 236 g/mol. The fourth-order valence-corrected chi connectivity index (χ4v) is 3.46. The number of fused-ring (bicyclic) bond motifs is 1. The van der Waals surface area contributed by atoms with E-state index in [1.165, 1.54) is 37.9 Å². The first-order valence-electron chi connectivity index (χ1n) is 7.89. The minimum Gasteiger partial charge on any atom is -0.314 e. The van der Waals surface area contributed by atoms with Crippen molar-refractivity contribution in [2.24, 2.45) is 11.8 Å². The molecule has 0 amide bonds. The zero-order valence-corrected chi connectivity index (χ0v) is 12.2. The molecule has 1 fully saturated rings. The highest BCUT2D eigenvalue weighted by Gasteiger charge is 2.23. The van der Waals surface area contributed by atoms with Crippen molar-refractivity contribution in [2.45, 2.75) is 65.0 Å². The lowest BCUT2D eigenvalue weighted by atomic mass is 9.83. The van der Waals surface area contributed by atoms with Crippen molar-refractivity contribution < 1.29 is 0 Å². The number of aromatic nitrogens is 3. The molecule has 2 heterocycles. The highest BCUT2D eigenvalue weighted by molar-refractivity contribution is 5.04. The molecule has 0 spiro atoms. The van der Waals surface area contributed by atoms with Gasteiger partial charge in [-0.15, -0.1) is 10.2 Å². The fraction of sp³-hybridized carbons (Fsp3) is 0.867. The molecule has 0 aromatic carbocycles. The first kappa shape index (κ1) is 13.1. The molecule has 1 saturated carbocycles.